The lowest BCUT2D eigenvalue weighted by atomic mass is 10.1. The van der Waals surface area contributed by atoms with Crippen LogP contribution < -0.4 is 0 Å². The highest BCUT2D eigenvalue weighted by Crippen LogP contribution is 2.27. The van der Waals surface area contributed by atoms with Crippen molar-refractivity contribution in [2.24, 2.45) is 0 Å². The van der Waals surface area contributed by atoms with E-state index < -0.39 is 10.0 Å². The fourth-order valence-electron chi connectivity index (χ4n) is 4.82. The first-order chi connectivity index (χ1) is 13.4. The second kappa shape index (κ2) is 8.13. The number of likely N-dealkylation sites (N-methyl/N-ethyl adjacent to an activating group) is 1. The van der Waals surface area contributed by atoms with E-state index in [1.54, 1.807) is 6.07 Å². The number of benzene rings is 1. The second-order valence-corrected chi connectivity index (χ2v) is 10.4. The van der Waals surface area contributed by atoms with Crippen LogP contribution in [0.2, 0.25) is 0 Å². The minimum atomic E-state index is -3.48. The molecule has 1 aromatic carbocycles. The standard InChI is InChI=1S/C21H31N3O3S/c1-22(19-7-2-3-8-19)16-21(25)23-11-13-24(14-12-23)28(26,27)20-10-9-17-5-4-6-18(17)15-20/h9-10,15,19H,2-8,11-14,16H2,1H3. The predicted octanol–water partition coefficient (Wildman–Crippen LogP) is 1.88. The molecule has 0 bridgehead atoms. The summed E-state index contributed by atoms with van der Waals surface area (Å²) in [4.78, 5) is 17.0. The molecule has 0 spiro atoms. The molecule has 7 heteroatoms. The zero-order chi connectivity index (χ0) is 19.7. The third-order valence-corrected chi connectivity index (χ3v) is 8.53. The van der Waals surface area contributed by atoms with E-state index in [1.807, 2.05) is 24.1 Å². The lowest BCUT2D eigenvalue weighted by Gasteiger charge is -2.35. The van der Waals surface area contributed by atoms with E-state index >= 15 is 0 Å². The van der Waals surface area contributed by atoms with Crippen molar-refractivity contribution in [3.63, 3.8) is 0 Å². The number of carbonyl (C=O) groups excluding carboxylic acids is 1. The first-order valence-electron chi connectivity index (χ1n) is 10.5. The number of nitrogens with zero attached hydrogens (tertiary/aromatic N) is 3. The van der Waals surface area contributed by atoms with Gasteiger partial charge in [-0.1, -0.05) is 18.9 Å². The van der Waals surface area contributed by atoms with Gasteiger partial charge in [-0.15, -0.1) is 0 Å². The Morgan fingerprint density at radius 1 is 1.04 bits per heavy atom. The van der Waals surface area contributed by atoms with Crippen molar-refractivity contribution in [3.8, 4) is 0 Å². The first-order valence-corrected chi connectivity index (χ1v) is 12.0. The fraction of sp³-hybridized carbons (Fsp3) is 0.667. The summed E-state index contributed by atoms with van der Waals surface area (Å²) in [6.45, 7) is 2.13. The molecule has 154 valence electrons. The van der Waals surface area contributed by atoms with Crippen molar-refractivity contribution >= 4 is 15.9 Å². The molecular weight excluding hydrogens is 374 g/mol. The molecule has 6 nitrogen and oxygen atoms in total. The maximum atomic E-state index is 13.0. The van der Waals surface area contributed by atoms with E-state index in [1.165, 1.54) is 41.1 Å². The SMILES string of the molecule is CN(CC(=O)N1CCN(S(=O)(=O)c2ccc3c(c2)CCC3)CC1)C1CCCC1. The summed E-state index contributed by atoms with van der Waals surface area (Å²) < 4.78 is 27.6. The molecule has 0 N–H and O–H groups in total. The Kier molecular flexibility index (Phi) is 5.76. The average Bonchev–Trinajstić information content (AvgIpc) is 3.39. The third-order valence-electron chi connectivity index (χ3n) is 6.63. The highest BCUT2D eigenvalue weighted by molar-refractivity contribution is 7.89. The number of aryl methyl sites for hydroxylation is 2. The van der Waals surface area contributed by atoms with Crippen LogP contribution in [0.3, 0.4) is 0 Å². The highest BCUT2D eigenvalue weighted by Gasteiger charge is 2.31. The summed E-state index contributed by atoms with van der Waals surface area (Å²) >= 11 is 0. The van der Waals surface area contributed by atoms with Crippen LogP contribution in [0.4, 0.5) is 0 Å². The van der Waals surface area contributed by atoms with Crippen LogP contribution in [0.15, 0.2) is 23.1 Å². The molecular formula is C21H31N3O3S. The van der Waals surface area contributed by atoms with Crippen molar-refractivity contribution in [1.82, 2.24) is 14.1 Å². The normalized spacial score (nSPS) is 21.4. The Morgan fingerprint density at radius 3 is 2.43 bits per heavy atom. The van der Waals surface area contributed by atoms with Gasteiger partial charge in [-0.2, -0.15) is 4.31 Å². The van der Waals surface area contributed by atoms with E-state index in [0.717, 1.165) is 19.3 Å². The summed E-state index contributed by atoms with van der Waals surface area (Å²) in [7, 11) is -1.45. The molecule has 2 aliphatic carbocycles. The van der Waals surface area contributed by atoms with Crippen molar-refractivity contribution in [1.29, 1.82) is 0 Å². The van der Waals surface area contributed by atoms with E-state index in [0.29, 0.717) is 43.7 Å². The highest BCUT2D eigenvalue weighted by atomic mass is 32.2. The summed E-state index contributed by atoms with van der Waals surface area (Å²) in [5, 5.41) is 0. The zero-order valence-corrected chi connectivity index (χ0v) is 17.6. The summed E-state index contributed by atoms with van der Waals surface area (Å²) in [6, 6.07) is 6.08. The quantitative estimate of drug-likeness (QED) is 0.751. The van der Waals surface area contributed by atoms with Crippen LogP contribution in [-0.4, -0.2) is 74.2 Å². The Labute approximate surface area is 168 Å². The van der Waals surface area contributed by atoms with Crippen LogP contribution in [0.1, 0.15) is 43.2 Å². The lowest BCUT2D eigenvalue weighted by Crippen LogP contribution is -2.52. The number of amides is 1. The molecule has 0 unspecified atom stereocenters. The van der Waals surface area contributed by atoms with Gasteiger partial charge in [0.1, 0.15) is 0 Å². The fourth-order valence-corrected chi connectivity index (χ4v) is 6.30. The van der Waals surface area contributed by atoms with Crippen molar-refractivity contribution in [2.45, 2.75) is 55.9 Å². The first kappa shape index (κ1) is 19.9. The molecule has 0 atom stereocenters. The molecule has 28 heavy (non-hydrogen) atoms. The number of piperazine rings is 1. The molecule has 1 aromatic rings. The summed E-state index contributed by atoms with van der Waals surface area (Å²) in [6.07, 6.45) is 7.98. The Balaban J connectivity index is 1.34. The van der Waals surface area contributed by atoms with E-state index in [-0.39, 0.29) is 5.91 Å². The van der Waals surface area contributed by atoms with E-state index in [9.17, 15) is 13.2 Å². The third kappa shape index (κ3) is 3.98. The molecule has 2 fully saturated rings. The molecule has 4 rings (SSSR count). The van der Waals surface area contributed by atoms with Gasteiger partial charge in [0.2, 0.25) is 15.9 Å². The van der Waals surface area contributed by atoms with Gasteiger partial charge in [-0.05, 0) is 62.4 Å². The van der Waals surface area contributed by atoms with Gasteiger partial charge in [0.05, 0.1) is 11.4 Å². The maximum absolute atomic E-state index is 13.0. The van der Waals surface area contributed by atoms with Gasteiger partial charge in [0.25, 0.3) is 0 Å². The predicted molar refractivity (Wildman–Crippen MR) is 109 cm³/mol. The van der Waals surface area contributed by atoms with Crippen molar-refractivity contribution in [3.05, 3.63) is 29.3 Å². The molecule has 1 saturated heterocycles. The monoisotopic (exact) mass is 405 g/mol. The number of carbonyl (C=O) groups is 1. The molecule has 1 aliphatic heterocycles. The number of hydrogen-bond acceptors (Lipinski definition) is 4. The lowest BCUT2D eigenvalue weighted by molar-refractivity contribution is -0.133. The average molecular weight is 406 g/mol. The molecule has 1 amide bonds. The largest absolute Gasteiger partial charge is 0.339 e. The van der Waals surface area contributed by atoms with E-state index in [4.69, 9.17) is 0 Å². The minimum absolute atomic E-state index is 0.115. The van der Waals surface area contributed by atoms with Crippen LogP contribution in [0.5, 0.6) is 0 Å². The van der Waals surface area contributed by atoms with E-state index in [2.05, 4.69) is 4.90 Å². The summed E-state index contributed by atoms with van der Waals surface area (Å²) in [5.74, 6) is 0.115. The number of fused-ring (bicyclic) bond motifs is 1. The van der Waals surface area contributed by atoms with Gasteiger partial charge in [0.15, 0.2) is 0 Å². The number of rotatable bonds is 5. The summed E-state index contributed by atoms with van der Waals surface area (Å²) in [5.41, 5.74) is 2.45. The molecule has 3 aliphatic rings. The molecule has 1 saturated carbocycles. The minimum Gasteiger partial charge on any atom is -0.339 e. The number of hydrogen-bond donors (Lipinski definition) is 0. The van der Waals surface area contributed by atoms with Gasteiger partial charge >= 0.3 is 0 Å². The maximum Gasteiger partial charge on any atom is 0.243 e. The van der Waals surface area contributed by atoms with Gasteiger partial charge in [0, 0.05) is 32.2 Å². The van der Waals surface area contributed by atoms with Crippen molar-refractivity contribution in [2.75, 3.05) is 39.8 Å². The molecule has 0 radical (unpaired) electrons. The second-order valence-electron chi connectivity index (χ2n) is 8.42. The van der Waals surface area contributed by atoms with Gasteiger partial charge < -0.3 is 4.90 Å². The van der Waals surface area contributed by atoms with Crippen LogP contribution >= 0.6 is 0 Å². The number of sulfonamides is 1. The topological polar surface area (TPSA) is 60.9 Å². The van der Waals surface area contributed by atoms with Crippen LogP contribution in [0, 0.1) is 0 Å². The zero-order valence-electron chi connectivity index (χ0n) is 16.8. The smallest absolute Gasteiger partial charge is 0.243 e. The molecule has 1 heterocycles. The Bertz CT molecular complexity index is 825. The Hall–Kier alpha value is -1.44. The van der Waals surface area contributed by atoms with Crippen LogP contribution in [0.25, 0.3) is 0 Å². The van der Waals surface area contributed by atoms with Gasteiger partial charge in [-0.25, -0.2) is 8.42 Å². The molecule has 0 aromatic heterocycles. The van der Waals surface area contributed by atoms with Crippen LogP contribution in [-0.2, 0) is 27.7 Å². The Morgan fingerprint density at radius 2 is 1.71 bits per heavy atom. The van der Waals surface area contributed by atoms with Gasteiger partial charge in [-0.3, -0.25) is 9.69 Å². The van der Waals surface area contributed by atoms with Crippen molar-refractivity contribution < 1.29 is 13.2 Å².